The molecule has 0 aliphatic heterocycles. The normalized spacial score (nSPS) is 12.0. The van der Waals surface area contributed by atoms with Crippen LogP contribution in [0.15, 0.2) is 0 Å². The highest BCUT2D eigenvalue weighted by Crippen LogP contribution is 2.15. The number of hydrogen-bond donors (Lipinski definition) is 0. The van der Waals surface area contributed by atoms with Crippen LogP contribution in [-0.2, 0) is 0 Å². The SMILES string of the molecule is CCCCCCCCCCCCCC(C)(C)[NH]. The van der Waals surface area contributed by atoms with Crippen LogP contribution in [-0.4, -0.2) is 5.54 Å². The summed E-state index contributed by atoms with van der Waals surface area (Å²) in [5, 5.41) is 0. The van der Waals surface area contributed by atoms with Gasteiger partial charge >= 0.3 is 0 Å². The number of hydrogen-bond acceptors (Lipinski definition) is 0. The van der Waals surface area contributed by atoms with E-state index < -0.39 is 0 Å². The van der Waals surface area contributed by atoms with Crippen LogP contribution >= 0.6 is 0 Å². The molecular weight excluding hydrogens is 206 g/mol. The molecule has 0 heterocycles. The highest BCUT2D eigenvalue weighted by atomic mass is 14.7. The monoisotopic (exact) mass is 240 g/mol. The van der Waals surface area contributed by atoms with Gasteiger partial charge in [0, 0.05) is 5.54 Å². The molecule has 1 radical (unpaired) electrons. The molecule has 0 unspecified atom stereocenters. The van der Waals surface area contributed by atoms with Crippen molar-refractivity contribution in [3.05, 3.63) is 0 Å². The van der Waals surface area contributed by atoms with Crippen molar-refractivity contribution in [2.24, 2.45) is 0 Å². The molecule has 0 aliphatic carbocycles. The number of unbranched alkanes of at least 4 members (excludes halogenated alkanes) is 10. The predicted octanol–water partition coefficient (Wildman–Crippen LogP) is 5.75. The predicted molar refractivity (Wildman–Crippen MR) is 78.3 cm³/mol. The molecule has 0 rings (SSSR count). The van der Waals surface area contributed by atoms with Gasteiger partial charge in [0.15, 0.2) is 0 Å². The Bertz CT molecular complexity index is 146. The summed E-state index contributed by atoms with van der Waals surface area (Å²) in [6, 6.07) is 0. The molecule has 1 heteroatoms. The minimum Gasteiger partial charge on any atom is -0.252 e. The molecule has 17 heavy (non-hydrogen) atoms. The van der Waals surface area contributed by atoms with E-state index in [1.165, 1.54) is 70.6 Å². The first-order chi connectivity index (χ1) is 8.06. The fourth-order valence-corrected chi connectivity index (χ4v) is 2.23. The third-order valence-electron chi connectivity index (χ3n) is 3.41. The van der Waals surface area contributed by atoms with Crippen LogP contribution < -0.4 is 5.73 Å². The van der Waals surface area contributed by atoms with Crippen molar-refractivity contribution in [1.29, 1.82) is 0 Å². The fraction of sp³-hybridized carbons (Fsp3) is 1.00. The second-order valence-corrected chi connectivity index (χ2v) is 6.17. The third-order valence-corrected chi connectivity index (χ3v) is 3.41. The summed E-state index contributed by atoms with van der Waals surface area (Å²) in [6.45, 7) is 6.31. The Hall–Kier alpha value is -0.0400. The number of nitrogens with one attached hydrogen (secondary N) is 1. The summed E-state index contributed by atoms with van der Waals surface area (Å²) in [4.78, 5) is 0. The van der Waals surface area contributed by atoms with Gasteiger partial charge in [-0.15, -0.1) is 0 Å². The lowest BCUT2D eigenvalue weighted by molar-refractivity contribution is 0.427. The van der Waals surface area contributed by atoms with Gasteiger partial charge in [0.05, 0.1) is 0 Å². The second kappa shape index (κ2) is 11.1. The molecule has 0 aromatic carbocycles. The van der Waals surface area contributed by atoms with E-state index in [0.29, 0.717) is 0 Å². The number of rotatable bonds is 12. The molecule has 0 bridgehead atoms. The summed E-state index contributed by atoms with van der Waals surface area (Å²) < 4.78 is 0. The quantitative estimate of drug-likeness (QED) is 0.388. The van der Waals surface area contributed by atoms with E-state index in [0.717, 1.165) is 6.42 Å². The van der Waals surface area contributed by atoms with Crippen molar-refractivity contribution in [2.75, 3.05) is 0 Å². The molecule has 0 spiro atoms. The van der Waals surface area contributed by atoms with Crippen LogP contribution in [0, 0.1) is 0 Å². The van der Waals surface area contributed by atoms with E-state index in [-0.39, 0.29) is 5.54 Å². The zero-order chi connectivity index (χ0) is 13.0. The highest BCUT2D eigenvalue weighted by molar-refractivity contribution is 4.69. The largest absolute Gasteiger partial charge is 0.252 e. The Morgan fingerprint density at radius 3 is 1.35 bits per heavy atom. The minimum absolute atomic E-state index is 0.209. The molecule has 0 fully saturated rings. The maximum Gasteiger partial charge on any atom is 0.0267 e. The summed E-state index contributed by atoms with van der Waals surface area (Å²) in [5.41, 5.74) is 7.55. The van der Waals surface area contributed by atoms with Gasteiger partial charge in [-0.1, -0.05) is 77.6 Å². The van der Waals surface area contributed by atoms with Crippen molar-refractivity contribution in [3.8, 4) is 0 Å². The van der Waals surface area contributed by atoms with Gasteiger partial charge in [-0.3, -0.25) is 5.73 Å². The summed E-state index contributed by atoms with van der Waals surface area (Å²) in [6.07, 6.45) is 16.4. The Morgan fingerprint density at radius 1 is 0.647 bits per heavy atom. The average molecular weight is 240 g/mol. The standard InChI is InChI=1S/C16H34N/c1-4-5-6-7-8-9-10-11-12-13-14-15-16(2,3)17/h17H,4-15H2,1-3H3. The van der Waals surface area contributed by atoms with E-state index in [9.17, 15) is 0 Å². The summed E-state index contributed by atoms with van der Waals surface area (Å²) in [7, 11) is 0. The molecule has 0 aliphatic rings. The lowest BCUT2D eigenvalue weighted by Crippen LogP contribution is -2.20. The minimum atomic E-state index is -0.209. The van der Waals surface area contributed by atoms with E-state index in [2.05, 4.69) is 6.92 Å². The van der Waals surface area contributed by atoms with Gasteiger partial charge in [-0.2, -0.15) is 0 Å². The van der Waals surface area contributed by atoms with Gasteiger partial charge in [0.1, 0.15) is 0 Å². The van der Waals surface area contributed by atoms with Crippen LogP contribution in [0.1, 0.15) is 97.8 Å². The Morgan fingerprint density at radius 2 is 1.00 bits per heavy atom. The zero-order valence-corrected chi connectivity index (χ0v) is 12.5. The van der Waals surface area contributed by atoms with Crippen LogP contribution in [0.3, 0.4) is 0 Å². The molecule has 0 aromatic heterocycles. The molecule has 0 amide bonds. The average Bonchev–Trinajstić information content (AvgIpc) is 2.24. The van der Waals surface area contributed by atoms with Crippen LogP contribution in [0.5, 0.6) is 0 Å². The molecule has 0 saturated heterocycles. The van der Waals surface area contributed by atoms with Crippen LogP contribution in [0.2, 0.25) is 0 Å². The summed E-state index contributed by atoms with van der Waals surface area (Å²) >= 11 is 0. The van der Waals surface area contributed by atoms with Gasteiger partial charge in [0.2, 0.25) is 0 Å². The molecule has 1 nitrogen and oxygen atoms in total. The first-order valence-electron chi connectivity index (χ1n) is 7.81. The Balaban J connectivity index is 2.99. The van der Waals surface area contributed by atoms with E-state index >= 15 is 0 Å². The van der Waals surface area contributed by atoms with Crippen molar-refractivity contribution in [1.82, 2.24) is 5.73 Å². The van der Waals surface area contributed by atoms with Crippen molar-refractivity contribution < 1.29 is 0 Å². The first kappa shape index (κ1) is 17.0. The molecular formula is C16H34N. The molecule has 0 saturated carbocycles. The summed E-state index contributed by atoms with van der Waals surface area (Å²) in [5.74, 6) is 0. The maximum absolute atomic E-state index is 7.76. The second-order valence-electron chi connectivity index (χ2n) is 6.17. The van der Waals surface area contributed by atoms with E-state index in [4.69, 9.17) is 5.73 Å². The van der Waals surface area contributed by atoms with Gasteiger partial charge < -0.3 is 0 Å². The molecule has 0 aromatic rings. The van der Waals surface area contributed by atoms with Crippen LogP contribution in [0.4, 0.5) is 0 Å². The topological polar surface area (TPSA) is 23.8 Å². The van der Waals surface area contributed by atoms with Crippen molar-refractivity contribution >= 4 is 0 Å². The van der Waals surface area contributed by atoms with E-state index in [1.807, 2.05) is 13.8 Å². The lowest BCUT2D eigenvalue weighted by Gasteiger charge is -2.16. The Kier molecular flexibility index (Phi) is 11.0. The van der Waals surface area contributed by atoms with Gasteiger partial charge in [-0.25, -0.2) is 0 Å². The first-order valence-corrected chi connectivity index (χ1v) is 7.81. The molecule has 103 valence electrons. The van der Waals surface area contributed by atoms with Crippen molar-refractivity contribution in [3.63, 3.8) is 0 Å². The van der Waals surface area contributed by atoms with Crippen molar-refractivity contribution in [2.45, 2.75) is 103 Å². The lowest BCUT2D eigenvalue weighted by atomic mass is 9.97. The fourth-order valence-electron chi connectivity index (χ4n) is 2.23. The van der Waals surface area contributed by atoms with Gasteiger partial charge in [-0.05, 0) is 20.3 Å². The maximum atomic E-state index is 7.76. The van der Waals surface area contributed by atoms with Crippen LogP contribution in [0.25, 0.3) is 0 Å². The molecule has 1 N–H and O–H groups in total. The smallest absolute Gasteiger partial charge is 0.0267 e. The van der Waals surface area contributed by atoms with Gasteiger partial charge in [0.25, 0.3) is 0 Å². The Labute approximate surface area is 110 Å². The highest BCUT2D eigenvalue weighted by Gasteiger charge is 2.09. The molecule has 0 atom stereocenters. The third kappa shape index (κ3) is 16.0. The zero-order valence-electron chi connectivity index (χ0n) is 12.5. The van der Waals surface area contributed by atoms with E-state index in [1.54, 1.807) is 0 Å².